The van der Waals surface area contributed by atoms with Crippen molar-refractivity contribution in [3.63, 3.8) is 0 Å². The Hall–Kier alpha value is 0.710. The molecule has 1 unspecified atom stereocenters. The van der Waals surface area contributed by atoms with Crippen molar-refractivity contribution in [1.29, 1.82) is 0 Å². The molecule has 0 aliphatic heterocycles. The van der Waals surface area contributed by atoms with E-state index >= 15 is 0 Å². The highest BCUT2D eigenvalue weighted by Crippen LogP contribution is 2.39. The van der Waals surface area contributed by atoms with E-state index in [4.69, 9.17) is 23.2 Å². The van der Waals surface area contributed by atoms with Crippen molar-refractivity contribution in [3.8, 4) is 0 Å². The van der Waals surface area contributed by atoms with Crippen LogP contribution in [-0.4, -0.2) is 0 Å². The van der Waals surface area contributed by atoms with Crippen molar-refractivity contribution in [1.82, 2.24) is 0 Å². The molecule has 0 nitrogen and oxygen atoms in total. The van der Waals surface area contributed by atoms with Gasteiger partial charge in [-0.3, -0.25) is 0 Å². The highest BCUT2D eigenvalue weighted by molar-refractivity contribution is 14.1. The summed E-state index contributed by atoms with van der Waals surface area (Å²) in [6.07, 6.45) is 0. The maximum atomic E-state index is 6.46. The summed E-state index contributed by atoms with van der Waals surface area (Å²) in [7, 11) is 0. The molecule has 1 aromatic carbocycles. The number of halogens is 4. The molecule has 0 spiro atoms. The van der Waals surface area contributed by atoms with Gasteiger partial charge >= 0.3 is 0 Å². The van der Waals surface area contributed by atoms with Crippen LogP contribution in [0.25, 0.3) is 0 Å². The first-order valence-electron chi connectivity index (χ1n) is 4.41. The minimum atomic E-state index is -0.183. The van der Waals surface area contributed by atoms with Crippen molar-refractivity contribution in [3.05, 3.63) is 53.2 Å². The average Bonchev–Trinajstić information content (AvgIpc) is 2.67. The molecule has 0 aliphatic carbocycles. The molecule has 0 bridgehead atoms. The third kappa shape index (κ3) is 2.75. The molecule has 0 aliphatic rings. The number of rotatable bonds is 2. The Bertz CT molecular complexity index is 512. The monoisotopic (exact) mass is 446 g/mol. The Labute approximate surface area is 130 Å². The van der Waals surface area contributed by atoms with Gasteiger partial charge in [0.05, 0.1) is 10.4 Å². The van der Waals surface area contributed by atoms with E-state index in [1.807, 2.05) is 29.6 Å². The van der Waals surface area contributed by atoms with Crippen LogP contribution in [0.2, 0.25) is 5.02 Å². The molecule has 0 N–H and O–H groups in total. The van der Waals surface area contributed by atoms with E-state index in [0.29, 0.717) is 0 Å². The van der Waals surface area contributed by atoms with Crippen molar-refractivity contribution >= 4 is 73.1 Å². The Kier molecular flexibility index (Phi) is 4.58. The number of hydrogen-bond acceptors (Lipinski definition) is 1. The summed E-state index contributed by atoms with van der Waals surface area (Å²) >= 11 is 19.9. The molecule has 2 rings (SSSR count). The SMILES string of the molecule is Clc1ccsc1C(Cl)c1cc(Br)ccc1I. The lowest BCUT2D eigenvalue weighted by Crippen LogP contribution is -1.94. The maximum absolute atomic E-state index is 6.46. The van der Waals surface area contributed by atoms with Crippen LogP contribution < -0.4 is 0 Å². The van der Waals surface area contributed by atoms with Gasteiger partial charge in [-0.15, -0.1) is 22.9 Å². The van der Waals surface area contributed by atoms with Gasteiger partial charge in [-0.05, 0) is 57.8 Å². The molecule has 84 valence electrons. The van der Waals surface area contributed by atoms with Crippen molar-refractivity contribution in [2.24, 2.45) is 0 Å². The van der Waals surface area contributed by atoms with Crippen molar-refractivity contribution in [2.45, 2.75) is 5.38 Å². The zero-order valence-electron chi connectivity index (χ0n) is 7.88. The van der Waals surface area contributed by atoms with E-state index in [-0.39, 0.29) is 5.38 Å². The van der Waals surface area contributed by atoms with Gasteiger partial charge in [0, 0.05) is 12.9 Å². The number of alkyl halides is 1. The molecule has 2 aromatic rings. The molecule has 1 atom stereocenters. The van der Waals surface area contributed by atoms with Crippen LogP contribution in [0.1, 0.15) is 15.8 Å². The third-order valence-electron chi connectivity index (χ3n) is 2.11. The van der Waals surface area contributed by atoms with Gasteiger partial charge < -0.3 is 0 Å². The van der Waals surface area contributed by atoms with Crippen LogP contribution in [0.15, 0.2) is 34.1 Å². The van der Waals surface area contributed by atoms with E-state index < -0.39 is 0 Å². The van der Waals surface area contributed by atoms with Gasteiger partial charge in [0.1, 0.15) is 0 Å². The van der Waals surface area contributed by atoms with Gasteiger partial charge in [-0.1, -0.05) is 27.5 Å². The maximum Gasteiger partial charge on any atom is 0.0953 e. The van der Waals surface area contributed by atoms with Crippen molar-refractivity contribution < 1.29 is 0 Å². The molecular weight excluding hydrogens is 442 g/mol. The van der Waals surface area contributed by atoms with Crippen molar-refractivity contribution in [2.75, 3.05) is 0 Å². The second-order valence-corrected chi connectivity index (χ2v) is 7.03. The minimum absolute atomic E-state index is 0.183. The zero-order chi connectivity index (χ0) is 11.7. The molecule has 0 saturated heterocycles. The molecule has 0 amide bonds. The van der Waals surface area contributed by atoms with E-state index in [2.05, 4.69) is 38.5 Å². The quantitative estimate of drug-likeness (QED) is 0.385. The van der Waals surface area contributed by atoms with E-state index in [9.17, 15) is 0 Å². The van der Waals surface area contributed by atoms with Gasteiger partial charge in [0.25, 0.3) is 0 Å². The van der Waals surface area contributed by atoms with Gasteiger partial charge in [0.2, 0.25) is 0 Å². The number of thiophene rings is 1. The lowest BCUT2D eigenvalue weighted by Gasteiger charge is -2.11. The molecule has 16 heavy (non-hydrogen) atoms. The van der Waals surface area contributed by atoms with Crippen LogP contribution in [0.4, 0.5) is 0 Å². The van der Waals surface area contributed by atoms with Crippen LogP contribution in [0, 0.1) is 3.57 Å². The van der Waals surface area contributed by atoms with Gasteiger partial charge in [0.15, 0.2) is 0 Å². The molecule has 1 heterocycles. The lowest BCUT2D eigenvalue weighted by molar-refractivity contribution is 1.16. The topological polar surface area (TPSA) is 0 Å². The second kappa shape index (κ2) is 5.57. The summed E-state index contributed by atoms with van der Waals surface area (Å²) in [4.78, 5) is 0.999. The number of hydrogen-bond donors (Lipinski definition) is 0. The van der Waals surface area contributed by atoms with E-state index in [0.717, 1.165) is 23.5 Å². The Morgan fingerprint density at radius 2 is 2.06 bits per heavy atom. The molecule has 0 fully saturated rings. The highest BCUT2D eigenvalue weighted by atomic mass is 127. The summed E-state index contributed by atoms with van der Waals surface area (Å²) in [6, 6.07) is 7.96. The molecular formula is C11H6BrCl2IS. The van der Waals surface area contributed by atoms with Crippen LogP contribution in [0.5, 0.6) is 0 Å². The smallest absolute Gasteiger partial charge is 0.0953 e. The van der Waals surface area contributed by atoms with E-state index in [1.54, 1.807) is 11.3 Å². The van der Waals surface area contributed by atoms with Crippen LogP contribution in [-0.2, 0) is 0 Å². The zero-order valence-corrected chi connectivity index (χ0v) is 14.0. The predicted molar refractivity (Wildman–Crippen MR) is 83.9 cm³/mol. The Balaban J connectivity index is 2.45. The predicted octanol–water partition coefficient (Wildman–Crippen LogP) is 6.10. The van der Waals surface area contributed by atoms with Gasteiger partial charge in [-0.25, -0.2) is 0 Å². The number of benzene rings is 1. The summed E-state index contributed by atoms with van der Waals surface area (Å²) < 4.78 is 2.17. The summed E-state index contributed by atoms with van der Waals surface area (Å²) in [5.74, 6) is 0. The van der Waals surface area contributed by atoms with Crippen LogP contribution >= 0.6 is 73.1 Å². The largest absolute Gasteiger partial charge is 0.145 e. The Morgan fingerprint density at radius 1 is 1.31 bits per heavy atom. The van der Waals surface area contributed by atoms with E-state index in [1.165, 1.54) is 0 Å². The van der Waals surface area contributed by atoms with Crippen LogP contribution in [0.3, 0.4) is 0 Å². The normalized spacial score (nSPS) is 12.8. The minimum Gasteiger partial charge on any atom is -0.145 e. The standard InChI is InChI=1S/C11H6BrCl2IS/c12-6-1-2-9(15)7(5-6)10(14)11-8(13)3-4-16-11/h1-5,10H. The second-order valence-electron chi connectivity index (χ2n) is 3.16. The first-order valence-corrected chi connectivity index (χ1v) is 7.98. The molecule has 1 aromatic heterocycles. The summed E-state index contributed by atoms with van der Waals surface area (Å²) in [5.41, 5.74) is 1.08. The fourth-order valence-corrected chi connectivity index (χ4v) is 4.21. The lowest BCUT2D eigenvalue weighted by atomic mass is 10.1. The first kappa shape index (κ1) is 13.1. The highest BCUT2D eigenvalue weighted by Gasteiger charge is 2.18. The first-order chi connectivity index (χ1) is 7.59. The third-order valence-corrected chi connectivity index (χ3v) is 5.59. The molecule has 0 saturated carbocycles. The molecule has 0 radical (unpaired) electrons. The molecule has 5 heteroatoms. The Morgan fingerprint density at radius 3 is 2.69 bits per heavy atom. The average molecular weight is 448 g/mol. The fourth-order valence-electron chi connectivity index (χ4n) is 1.34. The van der Waals surface area contributed by atoms with Gasteiger partial charge in [-0.2, -0.15) is 0 Å². The summed E-state index contributed by atoms with van der Waals surface area (Å²) in [6.45, 7) is 0. The summed E-state index contributed by atoms with van der Waals surface area (Å²) in [5, 5.41) is 2.51. The fraction of sp³-hybridized carbons (Fsp3) is 0.0909.